The molecule has 1 atom stereocenters. The first-order valence-corrected chi connectivity index (χ1v) is 10.2. The van der Waals surface area contributed by atoms with E-state index in [-0.39, 0.29) is 11.9 Å². The fourth-order valence-corrected chi connectivity index (χ4v) is 3.39. The van der Waals surface area contributed by atoms with Crippen molar-refractivity contribution in [3.8, 4) is 5.75 Å². The second-order valence-electron chi connectivity index (χ2n) is 7.21. The van der Waals surface area contributed by atoms with Crippen LogP contribution in [0, 0.1) is 12.8 Å². The lowest BCUT2D eigenvalue weighted by molar-refractivity contribution is -0.134. The highest BCUT2D eigenvalue weighted by molar-refractivity contribution is 7.09. The van der Waals surface area contributed by atoms with E-state index >= 15 is 0 Å². The molecule has 1 aromatic carbocycles. The largest absolute Gasteiger partial charge is 0.486 e. The minimum atomic E-state index is 0.208. The molecular formula is C21H30N2O2S. The SMILES string of the molecule is CCC(C)N(Cc1csc(COc2cccc(C)c2)n1)C(=O)CC(C)C. The maximum Gasteiger partial charge on any atom is 0.223 e. The van der Waals surface area contributed by atoms with Crippen molar-refractivity contribution in [1.29, 1.82) is 0 Å². The third kappa shape index (κ3) is 6.13. The van der Waals surface area contributed by atoms with E-state index in [2.05, 4.69) is 32.7 Å². The van der Waals surface area contributed by atoms with E-state index in [4.69, 9.17) is 4.74 Å². The number of carbonyl (C=O) groups is 1. The van der Waals surface area contributed by atoms with Gasteiger partial charge in [-0.1, -0.05) is 32.9 Å². The Morgan fingerprint density at radius 1 is 1.31 bits per heavy atom. The second kappa shape index (κ2) is 9.72. The molecule has 1 heterocycles. The molecule has 4 nitrogen and oxygen atoms in total. The zero-order valence-electron chi connectivity index (χ0n) is 16.5. The fraction of sp³-hybridized carbons (Fsp3) is 0.524. The Kier molecular flexibility index (Phi) is 7.64. The molecule has 0 fully saturated rings. The molecule has 5 heteroatoms. The number of rotatable bonds is 9. The van der Waals surface area contributed by atoms with Crippen LogP contribution in [0.15, 0.2) is 29.6 Å². The van der Waals surface area contributed by atoms with Gasteiger partial charge in [-0.3, -0.25) is 4.79 Å². The first-order valence-electron chi connectivity index (χ1n) is 9.31. The fourth-order valence-electron chi connectivity index (χ4n) is 2.69. The number of amides is 1. The second-order valence-corrected chi connectivity index (χ2v) is 8.16. The van der Waals surface area contributed by atoms with Gasteiger partial charge in [-0.05, 0) is 43.9 Å². The van der Waals surface area contributed by atoms with Gasteiger partial charge in [0.2, 0.25) is 5.91 Å². The van der Waals surface area contributed by atoms with Crippen LogP contribution in [-0.2, 0) is 17.9 Å². The Hall–Kier alpha value is -1.88. The third-order valence-electron chi connectivity index (χ3n) is 4.31. The van der Waals surface area contributed by atoms with Gasteiger partial charge >= 0.3 is 0 Å². The molecule has 0 aliphatic carbocycles. The molecule has 0 spiro atoms. The van der Waals surface area contributed by atoms with Gasteiger partial charge in [0.05, 0.1) is 12.2 Å². The van der Waals surface area contributed by atoms with Crippen LogP contribution in [0.2, 0.25) is 0 Å². The summed E-state index contributed by atoms with van der Waals surface area (Å²) in [5.41, 5.74) is 2.12. The molecular weight excluding hydrogens is 344 g/mol. The normalized spacial score (nSPS) is 12.2. The summed E-state index contributed by atoms with van der Waals surface area (Å²) >= 11 is 1.59. The van der Waals surface area contributed by atoms with Gasteiger partial charge in [0.25, 0.3) is 0 Å². The molecule has 0 radical (unpaired) electrons. The van der Waals surface area contributed by atoms with Crippen LogP contribution >= 0.6 is 11.3 Å². The van der Waals surface area contributed by atoms with Gasteiger partial charge in [0.15, 0.2) is 0 Å². The molecule has 26 heavy (non-hydrogen) atoms. The number of aryl methyl sites for hydroxylation is 1. The van der Waals surface area contributed by atoms with E-state index in [0.29, 0.717) is 25.5 Å². The predicted octanol–water partition coefficient (Wildman–Crippen LogP) is 5.20. The van der Waals surface area contributed by atoms with Crippen LogP contribution in [0.1, 0.15) is 56.8 Å². The van der Waals surface area contributed by atoms with Gasteiger partial charge in [-0.15, -0.1) is 11.3 Å². The molecule has 2 aromatic rings. The van der Waals surface area contributed by atoms with Crippen molar-refractivity contribution in [3.05, 3.63) is 45.9 Å². The zero-order valence-corrected chi connectivity index (χ0v) is 17.3. The highest BCUT2D eigenvalue weighted by Gasteiger charge is 2.21. The predicted molar refractivity (Wildman–Crippen MR) is 107 cm³/mol. The van der Waals surface area contributed by atoms with Crippen LogP contribution in [-0.4, -0.2) is 21.8 Å². The number of ether oxygens (including phenoxy) is 1. The van der Waals surface area contributed by atoms with E-state index in [1.807, 2.05) is 41.5 Å². The molecule has 0 bridgehead atoms. The van der Waals surface area contributed by atoms with Crippen LogP contribution < -0.4 is 4.74 Å². The van der Waals surface area contributed by atoms with Crippen molar-refractivity contribution in [2.45, 2.75) is 66.7 Å². The molecule has 1 aromatic heterocycles. The zero-order chi connectivity index (χ0) is 19.1. The molecule has 1 unspecified atom stereocenters. The van der Waals surface area contributed by atoms with Gasteiger partial charge in [0.1, 0.15) is 17.4 Å². The highest BCUT2D eigenvalue weighted by atomic mass is 32.1. The van der Waals surface area contributed by atoms with E-state index in [1.54, 1.807) is 11.3 Å². The van der Waals surface area contributed by atoms with Gasteiger partial charge in [-0.2, -0.15) is 0 Å². The van der Waals surface area contributed by atoms with Crippen molar-refractivity contribution in [2.24, 2.45) is 5.92 Å². The summed E-state index contributed by atoms with van der Waals surface area (Å²) in [7, 11) is 0. The number of thiazole rings is 1. The lowest BCUT2D eigenvalue weighted by atomic mass is 10.1. The molecule has 142 valence electrons. The van der Waals surface area contributed by atoms with Crippen molar-refractivity contribution in [3.63, 3.8) is 0 Å². The summed E-state index contributed by atoms with van der Waals surface area (Å²) in [4.78, 5) is 19.2. The maximum atomic E-state index is 12.6. The van der Waals surface area contributed by atoms with E-state index < -0.39 is 0 Å². The number of benzene rings is 1. The summed E-state index contributed by atoms with van der Waals surface area (Å²) in [6.07, 6.45) is 1.52. The molecule has 0 saturated heterocycles. The Morgan fingerprint density at radius 2 is 2.08 bits per heavy atom. The highest BCUT2D eigenvalue weighted by Crippen LogP contribution is 2.19. The monoisotopic (exact) mass is 374 g/mol. The standard InChI is InChI=1S/C21H30N2O2S/c1-6-17(5)23(21(24)10-15(2)3)12-18-14-26-20(22-18)13-25-19-9-7-8-16(4)11-19/h7-9,11,14-15,17H,6,10,12-13H2,1-5H3. The summed E-state index contributed by atoms with van der Waals surface area (Å²) in [5.74, 6) is 1.43. The van der Waals surface area contributed by atoms with Gasteiger partial charge in [-0.25, -0.2) is 4.98 Å². The average Bonchev–Trinajstić information content (AvgIpc) is 3.04. The number of carbonyl (C=O) groups excluding carboxylic acids is 1. The lowest BCUT2D eigenvalue weighted by Gasteiger charge is -2.28. The number of hydrogen-bond donors (Lipinski definition) is 0. The Balaban J connectivity index is 1.99. The molecule has 2 rings (SSSR count). The minimum Gasteiger partial charge on any atom is -0.486 e. The number of nitrogens with zero attached hydrogens (tertiary/aromatic N) is 2. The smallest absolute Gasteiger partial charge is 0.223 e. The van der Waals surface area contributed by atoms with Crippen molar-refractivity contribution < 1.29 is 9.53 Å². The van der Waals surface area contributed by atoms with E-state index in [1.165, 1.54) is 5.56 Å². The van der Waals surface area contributed by atoms with Crippen molar-refractivity contribution in [1.82, 2.24) is 9.88 Å². The van der Waals surface area contributed by atoms with E-state index in [9.17, 15) is 4.79 Å². The molecule has 0 saturated carbocycles. The first kappa shape index (κ1) is 20.4. The molecule has 1 amide bonds. The average molecular weight is 375 g/mol. The number of aromatic nitrogens is 1. The summed E-state index contributed by atoms with van der Waals surface area (Å²) in [6, 6.07) is 8.23. The summed E-state index contributed by atoms with van der Waals surface area (Å²) in [5, 5.41) is 2.97. The Bertz CT molecular complexity index is 712. The van der Waals surface area contributed by atoms with Crippen LogP contribution in [0.3, 0.4) is 0 Å². The van der Waals surface area contributed by atoms with Crippen LogP contribution in [0.4, 0.5) is 0 Å². The molecule has 0 aliphatic heterocycles. The van der Waals surface area contributed by atoms with Gasteiger partial charge < -0.3 is 9.64 Å². The van der Waals surface area contributed by atoms with Crippen molar-refractivity contribution in [2.75, 3.05) is 0 Å². The third-order valence-corrected chi connectivity index (χ3v) is 5.18. The topological polar surface area (TPSA) is 42.4 Å². The van der Waals surface area contributed by atoms with Crippen LogP contribution in [0.25, 0.3) is 0 Å². The first-order chi connectivity index (χ1) is 12.4. The maximum absolute atomic E-state index is 12.6. The quantitative estimate of drug-likeness (QED) is 0.605. The Labute approximate surface area is 161 Å². The van der Waals surface area contributed by atoms with Crippen molar-refractivity contribution >= 4 is 17.2 Å². The van der Waals surface area contributed by atoms with E-state index in [0.717, 1.165) is 22.9 Å². The number of hydrogen-bond acceptors (Lipinski definition) is 4. The summed E-state index contributed by atoms with van der Waals surface area (Å²) in [6.45, 7) is 11.5. The molecule has 0 aliphatic rings. The Morgan fingerprint density at radius 3 is 2.73 bits per heavy atom. The lowest BCUT2D eigenvalue weighted by Crippen LogP contribution is -2.38. The minimum absolute atomic E-state index is 0.208. The van der Waals surface area contributed by atoms with Crippen LogP contribution in [0.5, 0.6) is 5.75 Å². The molecule has 0 N–H and O–H groups in total. The summed E-state index contributed by atoms with van der Waals surface area (Å²) < 4.78 is 5.83. The van der Waals surface area contributed by atoms with Gasteiger partial charge in [0, 0.05) is 17.8 Å².